The molecule has 4 aliphatic rings. The Morgan fingerprint density at radius 3 is 1.66 bits per heavy atom. The number of thioether (sulfide) groups is 1. The second kappa shape index (κ2) is 50.3. The van der Waals surface area contributed by atoms with Crippen LogP contribution < -0.4 is 70.4 Å². The maximum atomic E-state index is 15.8. The fourth-order valence-corrected chi connectivity index (χ4v) is 18.7. The highest BCUT2D eigenvalue weighted by Crippen LogP contribution is 2.31. The zero-order valence-electron chi connectivity index (χ0n) is 77.8. The van der Waals surface area contributed by atoms with Crippen LogP contribution in [0.4, 0.5) is 0 Å². The van der Waals surface area contributed by atoms with Crippen LogP contribution >= 0.6 is 11.8 Å². The largest absolute Gasteiger partial charge is 0.508 e. The van der Waals surface area contributed by atoms with Crippen LogP contribution in [0.5, 0.6) is 5.75 Å². The highest BCUT2D eigenvalue weighted by molar-refractivity contribution is 8.00. The molecule has 0 radical (unpaired) electrons. The average Bonchev–Trinajstić information content (AvgIpc) is 1.73. The smallest absolute Gasteiger partial charge is 0.246 e. The van der Waals surface area contributed by atoms with Crippen molar-refractivity contribution in [1.29, 1.82) is 0 Å². The number of phenolic OH excluding ortho intramolecular Hbond substituents is 1. The van der Waals surface area contributed by atoms with Crippen molar-refractivity contribution < 1.29 is 102 Å². The number of nitrogens with zero attached hydrogens (tertiary/aromatic N) is 6. The number of H-pyrrole nitrogens is 3. The molecule has 742 valence electrons. The number of imidazole rings is 1. The fourth-order valence-electron chi connectivity index (χ4n) is 17.8. The Morgan fingerprint density at radius 2 is 1.05 bits per heavy atom. The van der Waals surface area contributed by atoms with E-state index in [1.165, 1.54) is 69.8 Å². The number of carbonyl (C=O) groups is 18. The van der Waals surface area contributed by atoms with Crippen LogP contribution in [0.1, 0.15) is 159 Å². The van der Waals surface area contributed by atoms with Crippen LogP contribution in [0.15, 0.2) is 97.7 Å². The molecule has 10 rings (SSSR count). The SMILES string of the molecule is CCCC[C@H]1C(=O)N(C)[C@@H](CCCC)C(=O)N[C@@H](CC2CCCCC2)C(=O)N[C@H](C(=O)NCC(N)=O)CSCC(=O)N[C@@H](Cc2ccc(O)cc2)C(=O)N(C)[C@@H](C)C(=O)N[C@@H](CC(N)=O)C(=O)N2CCC[C@H]2C(=O)N[C@@H](Cc2c[nH]cn2)C(=O)N[C@@H](CCC(N)=O)C(=O)N2C[C@H](O)C[C@H]2C(=O)N[C@@H](Cc2c[nH]c3ccccc23)C(=O)N[C@@H](CO)C(=O)N[C@@H](Cc2c[nH]c3ccccc23)C(=O)N1C. The van der Waals surface area contributed by atoms with E-state index in [0.29, 0.717) is 77.0 Å². The van der Waals surface area contributed by atoms with E-state index in [0.717, 1.165) is 50.6 Å². The van der Waals surface area contributed by atoms with E-state index >= 15 is 43.2 Å². The summed E-state index contributed by atoms with van der Waals surface area (Å²) in [6, 6.07) is -2.61. The van der Waals surface area contributed by atoms with Crippen molar-refractivity contribution in [3.05, 3.63) is 120 Å². The molecule has 3 saturated heterocycles. The number of rotatable bonds is 25. The molecule has 18 amide bonds. The number of phenols is 1. The highest BCUT2D eigenvalue weighted by Gasteiger charge is 2.47. The van der Waals surface area contributed by atoms with E-state index in [1.54, 1.807) is 60.9 Å². The van der Waals surface area contributed by atoms with E-state index in [2.05, 4.69) is 73.1 Å². The van der Waals surface area contributed by atoms with Crippen LogP contribution in [0, 0.1) is 5.92 Å². The number of aliphatic hydroxyl groups excluding tert-OH is 2. The zero-order valence-corrected chi connectivity index (χ0v) is 78.6. The van der Waals surface area contributed by atoms with Crippen molar-refractivity contribution in [1.82, 2.24) is 97.6 Å². The highest BCUT2D eigenvalue weighted by atomic mass is 32.2. The van der Waals surface area contributed by atoms with Crippen LogP contribution in [0.3, 0.4) is 0 Å². The minimum Gasteiger partial charge on any atom is -0.508 e. The van der Waals surface area contributed by atoms with Crippen molar-refractivity contribution in [3.63, 3.8) is 0 Å². The molecule has 0 unspecified atom stereocenters. The summed E-state index contributed by atoms with van der Waals surface area (Å²) in [5.41, 5.74) is 19.7. The molecule has 1 saturated carbocycles. The van der Waals surface area contributed by atoms with Crippen molar-refractivity contribution >= 4 is 140 Å². The standard InChI is InChI=1S/C93H128N22O21S/c1-7-9-25-72-86(129)104-64(35-52-19-12-11-13-20-52)82(125)110-71(81(124)100-45-78(96)121)48-137-49-79(122)102-67(36-53-28-30-57(117)31-29-53)89(132)111(4)51(3)80(123)107-69(41-77(95)120)92(135)114-34-18-27-73(114)87(130)106-66(39-56-44-97-50-101-56)84(127)103-63(32-33-76(94)119)91(134)115-46-58(118)40-75(115)88(131)105-65(37-54-42-98-61-23-16-14-21-59(54)61)83(126)109-70(47-116)85(128)108-68(38-55-43-99-62-24-17-15-22-60(55)62)90(133)113(6)74(26-10-8-2)93(136)112(72)5/h14-17,21-24,28-31,42-44,50-52,58,63-75,98-99,116-118H,7-13,18-20,25-27,32-41,45-49H2,1-6H3,(H2,94,119)(H2,95,120)(H2,96,121)(H,97,101)(H,100,124)(H,102,122)(H,103,127)(H,104,129)(H,105,131)(H,106,130)(H,107,123)(H,108,128)(H,109,126)(H,110,125)/t51-,58+,63-,64-,65-,66-,67-,68-,69-,70-,71-,72-,73-,74-,75-/m0/s1. The first-order chi connectivity index (χ1) is 65.4. The predicted octanol–water partition coefficient (Wildman–Crippen LogP) is -2.00. The van der Waals surface area contributed by atoms with Gasteiger partial charge in [-0.1, -0.05) is 120 Å². The van der Waals surface area contributed by atoms with Gasteiger partial charge >= 0.3 is 0 Å². The van der Waals surface area contributed by atoms with Crippen molar-refractivity contribution in [2.45, 2.75) is 253 Å². The molecule has 22 N–H and O–H groups in total. The van der Waals surface area contributed by atoms with E-state index in [1.807, 2.05) is 13.8 Å². The Kier molecular flexibility index (Phi) is 38.8. The average molecular weight is 1920 g/mol. The lowest BCUT2D eigenvalue weighted by molar-refractivity contribution is -0.149. The van der Waals surface area contributed by atoms with E-state index in [4.69, 9.17) is 17.2 Å². The minimum absolute atomic E-state index is 0.0105. The molecule has 15 atom stereocenters. The molecule has 4 fully saturated rings. The molecule has 43 nitrogen and oxygen atoms in total. The molecule has 137 heavy (non-hydrogen) atoms. The number of hydrogen-bond donors (Lipinski definition) is 19. The lowest BCUT2D eigenvalue weighted by Crippen LogP contribution is -2.62. The van der Waals surface area contributed by atoms with E-state index < -0.39 is 260 Å². The third-order valence-electron chi connectivity index (χ3n) is 25.6. The Balaban J connectivity index is 1.02. The molecule has 1 aliphatic carbocycles. The van der Waals surface area contributed by atoms with Crippen LogP contribution in [0.2, 0.25) is 0 Å². The molecule has 3 aromatic carbocycles. The van der Waals surface area contributed by atoms with Gasteiger partial charge in [0.05, 0.1) is 43.5 Å². The number of amides is 18. The molecule has 0 spiro atoms. The van der Waals surface area contributed by atoms with Crippen LogP contribution in [-0.4, -0.2) is 316 Å². The zero-order chi connectivity index (χ0) is 99.4. The summed E-state index contributed by atoms with van der Waals surface area (Å²) in [5.74, 6) is -18.4. The fraction of sp³-hybridized carbons (Fsp3) is 0.538. The van der Waals surface area contributed by atoms with Gasteiger partial charge in [0.1, 0.15) is 90.3 Å². The summed E-state index contributed by atoms with van der Waals surface area (Å²) in [6.45, 7) is 2.46. The number of nitrogens with two attached hydrogens (primary N) is 3. The Hall–Kier alpha value is -13.5. The maximum Gasteiger partial charge on any atom is 0.246 e. The van der Waals surface area contributed by atoms with Gasteiger partial charge < -0.3 is 125 Å². The Bertz CT molecular complexity index is 5300. The third kappa shape index (κ3) is 29.0. The first-order valence-corrected chi connectivity index (χ1v) is 47.6. The van der Waals surface area contributed by atoms with Crippen molar-refractivity contribution in [3.8, 4) is 5.75 Å². The van der Waals surface area contributed by atoms with Gasteiger partial charge in [-0.05, 0) is 92.3 Å². The van der Waals surface area contributed by atoms with Gasteiger partial charge in [0.15, 0.2) is 0 Å². The number of likely N-dealkylation sites (N-methyl/N-ethyl adjacent to an activating group) is 3. The number of unbranched alkanes of at least 4 members (excludes halogenated alkanes) is 2. The summed E-state index contributed by atoms with van der Waals surface area (Å²) in [7, 11) is 3.97. The van der Waals surface area contributed by atoms with Gasteiger partial charge in [0, 0.05) is 119 Å². The second-order valence-corrected chi connectivity index (χ2v) is 36.6. The molecule has 44 heteroatoms. The molecular weight excluding hydrogens is 1790 g/mol. The molecule has 3 aromatic heterocycles. The Labute approximate surface area is 795 Å². The number of para-hydroxylation sites is 2. The van der Waals surface area contributed by atoms with Crippen molar-refractivity contribution in [2.24, 2.45) is 23.1 Å². The number of fused-ring (bicyclic) bond motifs is 4. The number of aromatic hydroxyl groups is 1. The van der Waals surface area contributed by atoms with Crippen molar-refractivity contribution in [2.75, 3.05) is 58.9 Å². The number of benzene rings is 3. The summed E-state index contributed by atoms with van der Waals surface area (Å²) in [5, 5.41) is 60.7. The van der Waals surface area contributed by atoms with E-state index in [9.17, 15) is 58.5 Å². The lowest BCUT2D eigenvalue weighted by Gasteiger charge is -2.36. The van der Waals surface area contributed by atoms with Gasteiger partial charge in [-0.15, -0.1) is 11.8 Å². The third-order valence-corrected chi connectivity index (χ3v) is 26.6. The molecule has 0 bridgehead atoms. The minimum atomic E-state index is -1.91. The molecule has 6 heterocycles. The van der Waals surface area contributed by atoms with Crippen LogP contribution in [0.25, 0.3) is 21.8 Å². The van der Waals surface area contributed by atoms with Gasteiger partial charge in [-0.3, -0.25) is 86.3 Å². The number of nitrogens with one attached hydrogen (secondary N) is 13. The first-order valence-electron chi connectivity index (χ1n) is 46.4. The molecule has 3 aliphatic heterocycles. The number of hydrogen-bond acceptors (Lipinski definition) is 23. The summed E-state index contributed by atoms with van der Waals surface area (Å²) in [4.78, 5) is 283. The number of primary amides is 3. The molecule has 6 aromatic rings. The summed E-state index contributed by atoms with van der Waals surface area (Å²) in [6.07, 6.45) is 6.46. The predicted molar refractivity (Wildman–Crippen MR) is 501 cm³/mol. The first kappa shape index (κ1) is 106. The van der Waals surface area contributed by atoms with Gasteiger partial charge in [0.2, 0.25) is 106 Å². The maximum absolute atomic E-state index is 15.8. The van der Waals surface area contributed by atoms with E-state index in [-0.39, 0.29) is 75.3 Å². The number of aromatic nitrogens is 4. The number of carbonyl (C=O) groups excluding carboxylic acids is 18. The van der Waals surface area contributed by atoms with Gasteiger partial charge in [0.25, 0.3) is 0 Å². The van der Waals surface area contributed by atoms with Gasteiger partial charge in [-0.25, -0.2) is 4.98 Å². The number of aromatic amines is 3. The second-order valence-electron chi connectivity index (χ2n) is 35.6. The molecular formula is C93H128N22O21S. The quantitative estimate of drug-likeness (QED) is 0.0295. The summed E-state index contributed by atoms with van der Waals surface area (Å²) < 4.78 is 0. The lowest BCUT2D eigenvalue weighted by atomic mass is 9.84. The Morgan fingerprint density at radius 1 is 0.511 bits per heavy atom. The summed E-state index contributed by atoms with van der Waals surface area (Å²) >= 11 is 0.806. The normalized spacial score (nSPS) is 25.4. The van der Waals surface area contributed by atoms with Crippen LogP contribution in [-0.2, 0) is 112 Å². The number of aliphatic hydroxyl groups is 2. The van der Waals surface area contributed by atoms with Gasteiger partial charge in [-0.2, -0.15) is 0 Å². The topological polar surface area (TPSA) is 643 Å². The monoisotopic (exact) mass is 1920 g/mol.